The first kappa shape index (κ1) is 9.53. The SMILES string of the molecule is COc1cnc2c(c1)c(C#N)c(C)n2C. The maximum absolute atomic E-state index is 9.06. The van der Waals surface area contributed by atoms with Gasteiger partial charge >= 0.3 is 0 Å². The molecule has 4 heteroatoms. The van der Waals surface area contributed by atoms with E-state index >= 15 is 0 Å². The summed E-state index contributed by atoms with van der Waals surface area (Å²) in [5.74, 6) is 0.671. The molecule has 0 saturated heterocycles. The quantitative estimate of drug-likeness (QED) is 0.706. The summed E-state index contributed by atoms with van der Waals surface area (Å²) in [6.07, 6.45) is 1.66. The molecule has 0 amide bonds. The Balaban J connectivity index is 2.87. The van der Waals surface area contributed by atoms with E-state index in [-0.39, 0.29) is 0 Å². The lowest BCUT2D eigenvalue weighted by atomic mass is 10.2. The van der Waals surface area contributed by atoms with Crippen molar-refractivity contribution in [2.75, 3.05) is 7.11 Å². The van der Waals surface area contributed by atoms with Gasteiger partial charge in [0.15, 0.2) is 0 Å². The highest BCUT2D eigenvalue weighted by atomic mass is 16.5. The molecule has 0 fully saturated rings. The van der Waals surface area contributed by atoms with E-state index in [1.54, 1.807) is 13.3 Å². The Morgan fingerprint density at radius 3 is 2.87 bits per heavy atom. The minimum atomic E-state index is 0.666. The van der Waals surface area contributed by atoms with Crippen LogP contribution >= 0.6 is 0 Å². The summed E-state index contributed by atoms with van der Waals surface area (Å²) in [7, 11) is 3.49. The summed E-state index contributed by atoms with van der Waals surface area (Å²) in [5, 5.41) is 9.91. The van der Waals surface area contributed by atoms with Gasteiger partial charge in [0.25, 0.3) is 0 Å². The van der Waals surface area contributed by atoms with Crippen LogP contribution in [0.4, 0.5) is 0 Å². The largest absolute Gasteiger partial charge is 0.495 e. The van der Waals surface area contributed by atoms with Crippen LogP contribution in [0.25, 0.3) is 11.0 Å². The maximum atomic E-state index is 9.06. The monoisotopic (exact) mass is 201 g/mol. The molecule has 0 unspecified atom stereocenters. The van der Waals surface area contributed by atoms with Crippen molar-refractivity contribution < 1.29 is 4.74 Å². The van der Waals surface area contributed by atoms with Gasteiger partial charge in [0.2, 0.25) is 0 Å². The molecule has 0 aliphatic rings. The molecule has 0 aliphatic carbocycles. The lowest BCUT2D eigenvalue weighted by Gasteiger charge is -1.99. The van der Waals surface area contributed by atoms with Crippen LogP contribution in [0.15, 0.2) is 12.3 Å². The van der Waals surface area contributed by atoms with Gasteiger partial charge in [-0.3, -0.25) is 0 Å². The number of aromatic nitrogens is 2. The van der Waals surface area contributed by atoms with Gasteiger partial charge in [0, 0.05) is 18.1 Å². The van der Waals surface area contributed by atoms with Gasteiger partial charge in [-0.2, -0.15) is 5.26 Å². The zero-order valence-corrected chi connectivity index (χ0v) is 8.90. The molecule has 2 heterocycles. The second-order valence-electron chi connectivity index (χ2n) is 3.38. The molecule has 0 atom stereocenters. The molecule has 0 bridgehead atoms. The second kappa shape index (κ2) is 3.28. The van der Waals surface area contributed by atoms with Gasteiger partial charge in [-0.05, 0) is 13.0 Å². The van der Waals surface area contributed by atoms with Crippen LogP contribution in [0.5, 0.6) is 5.75 Å². The first-order chi connectivity index (χ1) is 7.19. The van der Waals surface area contributed by atoms with Crippen molar-refractivity contribution >= 4 is 11.0 Å². The van der Waals surface area contributed by atoms with E-state index < -0.39 is 0 Å². The van der Waals surface area contributed by atoms with Crippen molar-refractivity contribution in [3.8, 4) is 11.8 Å². The third kappa shape index (κ3) is 1.24. The molecule has 0 N–H and O–H groups in total. The summed E-state index contributed by atoms with van der Waals surface area (Å²) in [6.45, 7) is 1.91. The summed E-state index contributed by atoms with van der Waals surface area (Å²) in [4.78, 5) is 4.27. The molecule has 2 aromatic heterocycles. The number of ether oxygens (including phenoxy) is 1. The van der Waals surface area contributed by atoms with Gasteiger partial charge in [-0.25, -0.2) is 4.98 Å². The number of fused-ring (bicyclic) bond motifs is 1. The van der Waals surface area contributed by atoms with Crippen LogP contribution in [0.2, 0.25) is 0 Å². The number of aryl methyl sites for hydroxylation is 1. The van der Waals surface area contributed by atoms with Crippen molar-refractivity contribution in [1.82, 2.24) is 9.55 Å². The molecule has 2 rings (SSSR count). The average Bonchev–Trinajstić information content (AvgIpc) is 2.51. The van der Waals surface area contributed by atoms with Gasteiger partial charge in [0.05, 0.1) is 18.9 Å². The highest BCUT2D eigenvalue weighted by Gasteiger charge is 2.12. The topological polar surface area (TPSA) is 50.8 Å². The molecular weight excluding hydrogens is 190 g/mol. The van der Waals surface area contributed by atoms with Gasteiger partial charge in [0.1, 0.15) is 17.5 Å². The van der Waals surface area contributed by atoms with E-state index in [1.807, 2.05) is 24.6 Å². The molecule has 0 radical (unpaired) electrons. The highest BCUT2D eigenvalue weighted by molar-refractivity contribution is 5.86. The fourth-order valence-corrected chi connectivity index (χ4v) is 1.66. The Morgan fingerprint density at radius 2 is 2.27 bits per heavy atom. The minimum Gasteiger partial charge on any atom is -0.495 e. The highest BCUT2D eigenvalue weighted by Crippen LogP contribution is 2.25. The van der Waals surface area contributed by atoms with E-state index in [2.05, 4.69) is 11.1 Å². The molecule has 15 heavy (non-hydrogen) atoms. The van der Waals surface area contributed by atoms with Crippen LogP contribution in [0, 0.1) is 18.3 Å². The third-order valence-corrected chi connectivity index (χ3v) is 2.64. The maximum Gasteiger partial charge on any atom is 0.141 e. The normalized spacial score (nSPS) is 10.3. The molecule has 0 aliphatic heterocycles. The Morgan fingerprint density at radius 1 is 1.53 bits per heavy atom. The van der Waals surface area contributed by atoms with Crippen LogP contribution < -0.4 is 4.74 Å². The summed E-state index contributed by atoms with van der Waals surface area (Å²) in [6, 6.07) is 4.04. The molecule has 0 aromatic carbocycles. The summed E-state index contributed by atoms with van der Waals surface area (Å²) >= 11 is 0. The van der Waals surface area contributed by atoms with E-state index in [1.165, 1.54) is 0 Å². The molecule has 76 valence electrons. The van der Waals surface area contributed by atoms with Crippen LogP contribution in [-0.2, 0) is 7.05 Å². The summed E-state index contributed by atoms with van der Waals surface area (Å²) < 4.78 is 7.00. The van der Waals surface area contributed by atoms with Crippen LogP contribution in [0.1, 0.15) is 11.3 Å². The van der Waals surface area contributed by atoms with Crippen molar-refractivity contribution in [2.24, 2.45) is 7.05 Å². The first-order valence-electron chi connectivity index (χ1n) is 4.58. The average molecular weight is 201 g/mol. The summed E-state index contributed by atoms with van der Waals surface area (Å²) in [5.41, 5.74) is 2.40. The van der Waals surface area contributed by atoms with E-state index in [4.69, 9.17) is 10.00 Å². The van der Waals surface area contributed by atoms with E-state index in [9.17, 15) is 0 Å². The lowest BCUT2D eigenvalue weighted by molar-refractivity contribution is 0.413. The van der Waals surface area contributed by atoms with Crippen molar-refractivity contribution in [2.45, 2.75) is 6.92 Å². The third-order valence-electron chi connectivity index (χ3n) is 2.64. The Kier molecular flexibility index (Phi) is 2.09. The first-order valence-corrected chi connectivity index (χ1v) is 4.58. The van der Waals surface area contributed by atoms with Crippen LogP contribution in [-0.4, -0.2) is 16.7 Å². The molecule has 4 nitrogen and oxygen atoms in total. The molecule has 0 spiro atoms. The standard InChI is InChI=1S/C11H11N3O/c1-7-10(5-12)9-4-8(15-3)6-13-11(9)14(7)2/h4,6H,1-3H3. The van der Waals surface area contributed by atoms with Gasteiger partial charge in [-0.15, -0.1) is 0 Å². The van der Waals surface area contributed by atoms with Crippen LogP contribution in [0.3, 0.4) is 0 Å². The van der Waals surface area contributed by atoms with E-state index in [0.717, 1.165) is 16.7 Å². The number of hydrogen-bond donors (Lipinski definition) is 0. The predicted octanol–water partition coefficient (Wildman–Crippen LogP) is 1.76. The second-order valence-corrected chi connectivity index (χ2v) is 3.38. The zero-order chi connectivity index (χ0) is 11.0. The lowest BCUT2D eigenvalue weighted by Crippen LogP contribution is -1.92. The Bertz CT molecular complexity index is 563. The number of methoxy groups -OCH3 is 1. The minimum absolute atomic E-state index is 0.666. The fraction of sp³-hybridized carbons (Fsp3) is 0.273. The van der Waals surface area contributed by atoms with Crippen molar-refractivity contribution in [3.05, 3.63) is 23.5 Å². The smallest absolute Gasteiger partial charge is 0.141 e. The number of hydrogen-bond acceptors (Lipinski definition) is 3. The Labute approximate surface area is 87.7 Å². The molecule has 0 saturated carbocycles. The molecule has 2 aromatic rings. The van der Waals surface area contributed by atoms with Gasteiger partial charge < -0.3 is 9.30 Å². The molecular formula is C11H11N3O. The van der Waals surface area contributed by atoms with Crippen molar-refractivity contribution in [3.63, 3.8) is 0 Å². The zero-order valence-electron chi connectivity index (χ0n) is 8.90. The number of pyridine rings is 1. The number of rotatable bonds is 1. The number of nitrogens with zero attached hydrogens (tertiary/aromatic N) is 3. The van der Waals surface area contributed by atoms with Gasteiger partial charge in [-0.1, -0.05) is 0 Å². The van der Waals surface area contributed by atoms with Crippen molar-refractivity contribution in [1.29, 1.82) is 5.26 Å². The predicted molar refractivity (Wildman–Crippen MR) is 56.7 cm³/mol. The number of nitriles is 1. The van der Waals surface area contributed by atoms with E-state index in [0.29, 0.717) is 11.3 Å². The fourth-order valence-electron chi connectivity index (χ4n) is 1.66. The Hall–Kier alpha value is -2.02.